The Balaban J connectivity index is 1.63. The number of nitrogens with one attached hydrogen (secondary N) is 1. The number of hydrogen-bond donors (Lipinski definition) is 2. The maximum atomic E-state index is 13.2. The van der Waals surface area contributed by atoms with E-state index in [1.165, 1.54) is 0 Å². The minimum absolute atomic E-state index is 0.415. The van der Waals surface area contributed by atoms with Crippen LogP contribution in [0.4, 0.5) is 14.6 Å². The highest BCUT2D eigenvalue weighted by atomic mass is 19.3. The number of alkyl halides is 2. The first-order valence-electron chi connectivity index (χ1n) is 7.00. The van der Waals surface area contributed by atoms with E-state index in [-0.39, 0.29) is 0 Å². The van der Waals surface area contributed by atoms with Crippen LogP contribution in [0.2, 0.25) is 0 Å². The van der Waals surface area contributed by atoms with Crippen LogP contribution in [0.5, 0.6) is 0 Å². The first-order chi connectivity index (χ1) is 9.54. The van der Waals surface area contributed by atoms with Crippen molar-refractivity contribution in [2.24, 2.45) is 11.8 Å². The fourth-order valence-corrected chi connectivity index (χ4v) is 3.07. The molecule has 2 heterocycles. The highest BCUT2D eigenvalue weighted by Crippen LogP contribution is 2.59. The van der Waals surface area contributed by atoms with Crippen LogP contribution in [-0.2, 0) is 6.42 Å². The average molecular weight is 283 g/mol. The number of fused-ring (bicyclic) bond motifs is 1. The molecule has 2 fully saturated rings. The maximum Gasteiger partial charge on any atom is 0.258 e. The monoisotopic (exact) mass is 283 g/mol. The van der Waals surface area contributed by atoms with Gasteiger partial charge < -0.3 is 10.1 Å². The van der Waals surface area contributed by atoms with Crippen molar-refractivity contribution < 1.29 is 14.0 Å². The molecule has 0 radical (unpaired) electrons. The highest BCUT2D eigenvalue weighted by molar-refractivity contribution is 5.45. The van der Waals surface area contributed by atoms with Crippen molar-refractivity contribution in [3.8, 4) is 0 Å². The number of anilines is 1. The Hall–Kier alpha value is -1.27. The van der Waals surface area contributed by atoms with Gasteiger partial charge in [-0.25, -0.2) is 19.2 Å². The Bertz CT molecular complexity index is 495. The van der Waals surface area contributed by atoms with Crippen LogP contribution in [0, 0.1) is 18.8 Å². The zero-order valence-corrected chi connectivity index (χ0v) is 11.4. The van der Waals surface area contributed by atoms with Crippen LogP contribution in [-0.4, -0.2) is 35.7 Å². The zero-order valence-electron chi connectivity index (χ0n) is 11.4. The summed E-state index contributed by atoms with van der Waals surface area (Å²) in [6, 6.07) is 3.93. The minimum atomic E-state index is -2.44. The topological polar surface area (TPSA) is 48.4 Å². The largest absolute Gasteiger partial charge is 0.356 e. The van der Waals surface area contributed by atoms with Gasteiger partial charge in [0.1, 0.15) is 5.82 Å². The SMILES string of the molecule is Cc1nc(N2CC3C(C2)C3(F)F)ccc1CCCNO. The van der Waals surface area contributed by atoms with Gasteiger partial charge in [-0.3, -0.25) is 0 Å². The van der Waals surface area contributed by atoms with Gasteiger partial charge in [0.15, 0.2) is 0 Å². The molecule has 2 aliphatic rings. The lowest BCUT2D eigenvalue weighted by Crippen LogP contribution is -2.28. The lowest BCUT2D eigenvalue weighted by molar-refractivity contribution is 0.0797. The van der Waals surface area contributed by atoms with Gasteiger partial charge in [0.25, 0.3) is 5.92 Å². The maximum absolute atomic E-state index is 13.2. The second-order valence-corrected chi connectivity index (χ2v) is 5.72. The number of piperidine rings is 1. The summed E-state index contributed by atoms with van der Waals surface area (Å²) in [7, 11) is 0. The Labute approximate surface area is 116 Å². The van der Waals surface area contributed by atoms with E-state index in [0.717, 1.165) is 29.9 Å². The Morgan fingerprint density at radius 3 is 2.70 bits per heavy atom. The van der Waals surface area contributed by atoms with E-state index in [0.29, 0.717) is 19.6 Å². The van der Waals surface area contributed by atoms with Gasteiger partial charge in [-0.15, -0.1) is 0 Å². The fourth-order valence-electron chi connectivity index (χ4n) is 3.07. The fraction of sp³-hybridized carbons (Fsp3) is 0.643. The molecule has 1 aromatic rings. The van der Waals surface area contributed by atoms with Crippen LogP contribution in [0.1, 0.15) is 17.7 Å². The summed E-state index contributed by atoms with van der Waals surface area (Å²) in [5.41, 5.74) is 4.21. The molecule has 0 aromatic carbocycles. The predicted octanol–water partition coefficient (Wildman–Crippen LogP) is 2.00. The van der Waals surface area contributed by atoms with Crippen LogP contribution in [0.3, 0.4) is 0 Å². The van der Waals surface area contributed by atoms with E-state index in [9.17, 15) is 8.78 Å². The Morgan fingerprint density at radius 2 is 2.10 bits per heavy atom. The smallest absolute Gasteiger partial charge is 0.258 e. The number of hydrogen-bond acceptors (Lipinski definition) is 4. The van der Waals surface area contributed by atoms with E-state index in [2.05, 4.69) is 10.5 Å². The van der Waals surface area contributed by atoms with Gasteiger partial charge >= 0.3 is 0 Å². The second kappa shape index (κ2) is 4.93. The van der Waals surface area contributed by atoms with E-state index in [4.69, 9.17) is 5.21 Å². The number of hydroxylamine groups is 1. The Kier molecular flexibility index (Phi) is 3.38. The summed E-state index contributed by atoms with van der Waals surface area (Å²) in [5.74, 6) is -2.59. The number of pyridine rings is 1. The molecule has 0 amide bonds. The molecule has 6 heteroatoms. The third kappa shape index (κ3) is 2.27. The van der Waals surface area contributed by atoms with Gasteiger partial charge in [-0.2, -0.15) is 0 Å². The number of rotatable bonds is 5. The summed E-state index contributed by atoms with van der Waals surface area (Å²) in [6.45, 7) is 3.32. The third-order valence-electron chi connectivity index (χ3n) is 4.44. The van der Waals surface area contributed by atoms with Crippen molar-refractivity contribution in [1.29, 1.82) is 0 Å². The molecule has 110 valence electrons. The molecular weight excluding hydrogens is 264 g/mol. The molecule has 1 saturated carbocycles. The molecule has 2 N–H and O–H groups in total. The number of aromatic nitrogens is 1. The molecule has 2 atom stereocenters. The number of halogens is 2. The van der Waals surface area contributed by atoms with Crippen LogP contribution < -0.4 is 10.4 Å². The van der Waals surface area contributed by atoms with Crippen LogP contribution in [0.15, 0.2) is 12.1 Å². The van der Waals surface area contributed by atoms with Crippen LogP contribution >= 0.6 is 0 Å². The highest BCUT2D eigenvalue weighted by Gasteiger charge is 2.71. The van der Waals surface area contributed by atoms with Crippen molar-refractivity contribution >= 4 is 5.82 Å². The van der Waals surface area contributed by atoms with Gasteiger partial charge in [-0.1, -0.05) is 6.07 Å². The standard InChI is InChI=1S/C14H19F2N3O/c1-9-10(3-2-6-17-20)4-5-13(18-9)19-7-11-12(8-19)14(11,15)16/h4-5,11-12,17,20H,2-3,6-8H2,1H3. The summed E-state index contributed by atoms with van der Waals surface area (Å²) in [5, 5.41) is 8.54. The number of aryl methyl sites for hydroxylation is 2. The van der Waals surface area contributed by atoms with Crippen LogP contribution in [0.25, 0.3) is 0 Å². The van der Waals surface area contributed by atoms with E-state index >= 15 is 0 Å². The van der Waals surface area contributed by atoms with Crippen molar-refractivity contribution in [1.82, 2.24) is 10.5 Å². The quantitative estimate of drug-likeness (QED) is 0.641. The molecule has 1 aromatic heterocycles. The molecule has 1 saturated heterocycles. The molecule has 0 bridgehead atoms. The lowest BCUT2D eigenvalue weighted by Gasteiger charge is -2.21. The van der Waals surface area contributed by atoms with Gasteiger partial charge in [-0.05, 0) is 31.4 Å². The molecule has 3 rings (SSSR count). The van der Waals surface area contributed by atoms with E-state index < -0.39 is 17.8 Å². The number of nitrogens with zero attached hydrogens (tertiary/aromatic N) is 2. The molecule has 0 spiro atoms. The van der Waals surface area contributed by atoms with E-state index in [1.54, 1.807) is 0 Å². The summed E-state index contributed by atoms with van der Waals surface area (Å²) in [6.07, 6.45) is 1.68. The molecule has 1 aliphatic carbocycles. The van der Waals surface area contributed by atoms with Gasteiger partial charge in [0.05, 0.1) is 11.8 Å². The average Bonchev–Trinajstić information content (AvgIpc) is 2.81. The van der Waals surface area contributed by atoms with Gasteiger partial charge in [0.2, 0.25) is 0 Å². The molecular formula is C14H19F2N3O. The zero-order chi connectivity index (χ0) is 14.3. The Morgan fingerprint density at radius 1 is 1.40 bits per heavy atom. The molecule has 2 unspecified atom stereocenters. The van der Waals surface area contributed by atoms with Crippen molar-refractivity contribution in [2.75, 3.05) is 24.5 Å². The summed E-state index contributed by atoms with van der Waals surface area (Å²) in [4.78, 5) is 6.49. The van der Waals surface area contributed by atoms with E-state index in [1.807, 2.05) is 24.0 Å². The minimum Gasteiger partial charge on any atom is -0.356 e. The molecule has 20 heavy (non-hydrogen) atoms. The van der Waals surface area contributed by atoms with Gasteiger partial charge in [0, 0.05) is 25.3 Å². The van der Waals surface area contributed by atoms with Crippen molar-refractivity contribution in [3.05, 3.63) is 23.4 Å². The first kappa shape index (κ1) is 13.7. The lowest BCUT2D eigenvalue weighted by atomic mass is 10.1. The molecule has 1 aliphatic heterocycles. The summed E-state index contributed by atoms with van der Waals surface area (Å²) >= 11 is 0. The second-order valence-electron chi connectivity index (χ2n) is 5.72. The van der Waals surface area contributed by atoms with Crippen molar-refractivity contribution in [2.45, 2.75) is 25.7 Å². The predicted molar refractivity (Wildman–Crippen MR) is 71.2 cm³/mol. The third-order valence-corrected chi connectivity index (χ3v) is 4.44. The molecule has 4 nitrogen and oxygen atoms in total. The summed E-state index contributed by atoms with van der Waals surface area (Å²) < 4.78 is 26.3. The van der Waals surface area contributed by atoms with Crippen molar-refractivity contribution in [3.63, 3.8) is 0 Å². The first-order valence-corrected chi connectivity index (χ1v) is 7.00. The normalized spacial score (nSPS) is 26.7.